The predicted molar refractivity (Wildman–Crippen MR) is 46.9 cm³/mol. The zero-order valence-corrected chi connectivity index (χ0v) is 7.70. The number of nitrogens with zero attached hydrogens (tertiary/aromatic N) is 2. The van der Waals surface area contributed by atoms with Crippen LogP contribution in [0.2, 0.25) is 0 Å². The van der Waals surface area contributed by atoms with Gasteiger partial charge >= 0.3 is 0 Å². The number of aliphatic hydroxyl groups is 1. The van der Waals surface area contributed by atoms with Crippen molar-refractivity contribution in [1.82, 2.24) is 9.97 Å². The molecular weight excluding hydrogens is 152 g/mol. The molecule has 0 radical (unpaired) electrons. The molecule has 1 aromatic rings. The lowest BCUT2D eigenvalue weighted by molar-refractivity contribution is 0.217. The first-order chi connectivity index (χ1) is 5.58. The Hall–Kier alpha value is -0.960. The summed E-state index contributed by atoms with van der Waals surface area (Å²) in [4.78, 5) is 8.01. The Kier molecular flexibility index (Phi) is 2.43. The van der Waals surface area contributed by atoms with Crippen LogP contribution in [-0.2, 0) is 5.41 Å². The summed E-state index contributed by atoms with van der Waals surface area (Å²) in [5, 5.41) is 9.12. The van der Waals surface area contributed by atoms with E-state index in [4.69, 9.17) is 5.11 Å². The van der Waals surface area contributed by atoms with Crippen molar-refractivity contribution < 1.29 is 5.11 Å². The third kappa shape index (κ3) is 1.61. The minimum atomic E-state index is -0.245. The van der Waals surface area contributed by atoms with Crippen molar-refractivity contribution >= 4 is 0 Å². The van der Waals surface area contributed by atoms with Crippen LogP contribution >= 0.6 is 0 Å². The Bertz CT molecular complexity index is 271. The SMILES string of the molecule is Cc1ncncc1C(C)(C)CO. The summed E-state index contributed by atoms with van der Waals surface area (Å²) in [5.74, 6) is 0. The number of aromatic nitrogens is 2. The van der Waals surface area contributed by atoms with E-state index in [1.807, 2.05) is 20.8 Å². The molecule has 0 aliphatic heterocycles. The molecule has 0 atom stereocenters. The fourth-order valence-electron chi connectivity index (χ4n) is 1.14. The Morgan fingerprint density at radius 2 is 2.17 bits per heavy atom. The number of hydrogen-bond donors (Lipinski definition) is 1. The molecule has 1 N–H and O–H groups in total. The summed E-state index contributed by atoms with van der Waals surface area (Å²) < 4.78 is 0. The van der Waals surface area contributed by atoms with E-state index in [2.05, 4.69) is 9.97 Å². The Labute approximate surface area is 72.5 Å². The molecule has 1 aromatic heterocycles. The van der Waals surface area contributed by atoms with Crippen LogP contribution in [0.25, 0.3) is 0 Å². The van der Waals surface area contributed by atoms with Gasteiger partial charge in [0.2, 0.25) is 0 Å². The van der Waals surface area contributed by atoms with Crippen LogP contribution in [-0.4, -0.2) is 21.7 Å². The van der Waals surface area contributed by atoms with Gasteiger partial charge in [0.25, 0.3) is 0 Å². The van der Waals surface area contributed by atoms with Gasteiger partial charge in [-0.15, -0.1) is 0 Å². The third-order valence-electron chi connectivity index (χ3n) is 2.04. The van der Waals surface area contributed by atoms with Crippen molar-refractivity contribution in [3.8, 4) is 0 Å². The molecule has 0 fully saturated rings. The van der Waals surface area contributed by atoms with Gasteiger partial charge in [0.15, 0.2) is 0 Å². The molecule has 0 aliphatic rings. The number of hydrogen-bond acceptors (Lipinski definition) is 3. The predicted octanol–water partition coefficient (Wildman–Crippen LogP) is 1.05. The summed E-state index contributed by atoms with van der Waals surface area (Å²) in [6.45, 7) is 5.98. The van der Waals surface area contributed by atoms with Crippen molar-refractivity contribution in [3.05, 3.63) is 23.8 Å². The van der Waals surface area contributed by atoms with E-state index in [9.17, 15) is 0 Å². The third-order valence-corrected chi connectivity index (χ3v) is 2.04. The minimum Gasteiger partial charge on any atom is -0.395 e. The van der Waals surface area contributed by atoms with E-state index >= 15 is 0 Å². The molecular formula is C9H14N2O. The van der Waals surface area contributed by atoms with Crippen LogP contribution in [0.4, 0.5) is 0 Å². The molecule has 0 saturated heterocycles. The maximum absolute atomic E-state index is 9.12. The van der Waals surface area contributed by atoms with Crippen LogP contribution in [0.15, 0.2) is 12.5 Å². The standard InChI is InChI=1S/C9H14N2O/c1-7-8(4-10-6-11-7)9(2,3)5-12/h4,6,12H,5H2,1-3H3. The van der Waals surface area contributed by atoms with E-state index in [1.165, 1.54) is 6.33 Å². The summed E-state index contributed by atoms with van der Waals surface area (Å²) in [6.07, 6.45) is 3.28. The smallest absolute Gasteiger partial charge is 0.115 e. The summed E-state index contributed by atoms with van der Waals surface area (Å²) in [5.41, 5.74) is 1.70. The second kappa shape index (κ2) is 3.19. The van der Waals surface area contributed by atoms with Crippen molar-refractivity contribution in [2.45, 2.75) is 26.2 Å². The highest BCUT2D eigenvalue weighted by Crippen LogP contribution is 2.22. The molecule has 0 unspecified atom stereocenters. The maximum Gasteiger partial charge on any atom is 0.115 e. The summed E-state index contributed by atoms with van der Waals surface area (Å²) in [6, 6.07) is 0. The normalized spacial score (nSPS) is 11.7. The van der Waals surface area contributed by atoms with Gasteiger partial charge in [-0.1, -0.05) is 13.8 Å². The highest BCUT2D eigenvalue weighted by Gasteiger charge is 2.21. The number of aliphatic hydroxyl groups excluding tert-OH is 1. The van der Waals surface area contributed by atoms with E-state index in [0.29, 0.717) is 0 Å². The van der Waals surface area contributed by atoms with Crippen LogP contribution in [0, 0.1) is 6.92 Å². The van der Waals surface area contributed by atoms with Crippen molar-refractivity contribution in [1.29, 1.82) is 0 Å². The number of rotatable bonds is 2. The molecule has 0 spiro atoms. The maximum atomic E-state index is 9.12. The van der Waals surface area contributed by atoms with Gasteiger partial charge in [-0.2, -0.15) is 0 Å². The van der Waals surface area contributed by atoms with Crippen molar-refractivity contribution in [2.24, 2.45) is 0 Å². The molecule has 3 heteroatoms. The monoisotopic (exact) mass is 166 g/mol. The zero-order valence-electron chi connectivity index (χ0n) is 7.70. The first-order valence-electron chi connectivity index (χ1n) is 3.96. The average molecular weight is 166 g/mol. The van der Waals surface area contributed by atoms with E-state index in [0.717, 1.165) is 11.3 Å². The van der Waals surface area contributed by atoms with Crippen molar-refractivity contribution in [3.63, 3.8) is 0 Å². The lowest BCUT2D eigenvalue weighted by Gasteiger charge is -2.22. The molecule has 66 valence electrons. The lowest BCUT2D eigenvalue weighted by Crippen LogP contribution is -2.23. The molecule has 0 amide bonds. The Balaban J connectivity index is 3.10. The Morgan fingerprint density at radius 1 is 1.50 bits per heavy atom. The summed E-state index contributed by atoms with van der Waals surface area (Å²) in [7, 11) is 0. The average Bonchev–Trinajstić information content (AvgIpc) is 2.05. The summed E-state index contributed by atoms with van der Waals surface area (Å²) >= 11 is 0. The Morgan fingerprint density at radius 3 is 2.67 bits per heavy atom. The first-order valence-corrected chi connectivity index (χ1v) is 3.96. The molecule has 1 rings (SSSR count). The highest BCUT2D eigenvalue weighted by atomic mass is 16.3. The van der Waals surface area contributed by atoms with Gasteiger partial charge in [0.05, 0.1) is 6.61 Å². The molecule has 3 nitrogen and oxygen atoms in total. The van der Waals surface area contributed by atoms with Crippen LogP contribution in [0.1, 0.15) is 25.1 Å². The fraction of sp³-hybridized carbons (Fsp3) is 0.556. The zero-order chi connectivity index (χ0) is 9.19. The van der Waals surface area contributed by atoms with Gasteiger partial charge in [-0.25, -0.2) is 9.97 Å². The molecule has 12 heavy (non-hydrogen) atoms. The topological polar surface area (TPSA) is 46.0 Å². The largest absolute Gasteiger partial charge is 0.395 e. The van der Waals surface area contributed by atoms with E-state index < -0.39 is 0 Å². The molecule has 0 bridgehead atoms. The number of aryl methyl sites for hydroxylation is 1. The van der Waals surface area contributed by atoms with Crippen LogP contribution < -0.4 is 0 Å². The van der Waals surface area contributed by atoms with Gasteiger partial charge in [0.1, 0.15) is 6.33 Å². The quantitative estimate of drug-likeness (QED) is 0.714. The van der Waals surface area contributed by atoms with Gasteiger partial charge in [-0.3, -0.25) is 0 Å². The van der Waals surface area contributed by atoms with Crippen molar-refractivity contribution in [2.75, 3.05) is 6.61 Å². The minimum absolute atomic E-state index is 0.112. The lowest BCUT2D eigenvalue weighted by atomic mass is 9.86. The van der Waals surface area contributed by atoms with E-state index in [1.54, 1.807) is 6.20 Å². The highest BCUT2D eigenvalue weighted by molar-refractivity contribution is 5.23. The second-order valence-electron chi connectivity index (χ2n) is 3.56. The molecule has 0 aromatic carbocycles. The van der Waals surface area contributed by atoms with Gasteiger partial charge in [0, 0.05) is 17.3 Å². The van der Waals surface area contributed by atoms with Gasteiger partial charge in [-0.05, 0) is 12.5 Å². The van der Waals surface area contributed by atoms with Gasteiger partial charge < -0.3 is 5.11 Å². The molecule has 0 aliphatic carbocycles. The van der Waals surface area contributed by atoms with Crippen LogP contribution in [0.3, 0.4) is 0 Å². The molecule has 0 saturated carbocycles. The first kappa shape index (κ1) is 9.13. The second-order valence-corrected chi connectivity index (χ2v) is 3.56. The molecule has 1 heterocycles. The van der Waals surface area contributed by atoms with E-state index in [-0.39, 0.29) is 12.0 Å². The van der Waals surface area contributed by atoms with Crippen LogP contribution in [0.5, 0.6) is 0 Å². The fourth-order valence-corrected chi connectivity index (χ4v) is 1.14.